The lowest BCUT2D eigenvalue weighted by Crippen LogP contribution is -2.36. The van der Waals surface area contributed by atoms with Crippen LogP contribution in [0.5, 0.6) is 0 Å². The number of nitrogens with two attached hydrogens (primary N) is 1. The second-order valence-electron chi connectivity index (χ2n) is 5.06. The van der Waals surface area contributed by atoms with Gasteiger partial charge in [0.15, 0.2) is 9.84 Å². The van der Waals surface area contributed by atoms with E-state index in [-0.39, 0.29) is 0 Å². The van der Waals surface area contributed by atoms with Gasteiger partial charge in [0.1, 0.15) is 5.25 Å². The number of aliphatic hydroxyl groups is 1. The van der Waals surface area contributed by atoms with Gasteiger partial charge in [-0.1, -0.05) is 54.6 Å². The summed E-state index contributed by atoms with van der Waals surface area (Å²) in [5.41, 5.74) is 8.80. The Balaban J connectivity index is 2.27. The van der Waals surface area contributed by atoms with Crippen molar-refractivity contribution in [1.82, 2.24) is 0 Å². The minimum Gasteiger partial charge on any atom is -0.395 e. The number of hydrogen-bond acceptors (Lipinski definition) is 4. The molecule has 0 amide bonds. The first-order valence-corrected chi connectivity index (χ1v) is 8.59. The molecule has 2 rings (SSSR count). The zero-order chi connectivity index (χ0) is 15.5. The van der Waals surface area contributed by atoms with Gasteiger partial charge in [0, 0.05) is 12.3 Å². The molecule has 0 saturated carbocycles. The summed E-state index contributed by atoms with van der Waals surface area (Å²) in [5.74, 6) is 0. The predicted octanol–water partition coefficient (Wildman–Crippen LogP) is 1.76. The van der Waals surface area contributed by atoms with Crippen LogP contribution in [0.15, 0.2) is 54.6 Å². The molecular formula is C16H19NO3S. The van der Waals surface area contributed by atoms with Crippen molar-refractivity contribution in [2.45, 2.75) is 11.3 Å². The smallest absolute Gasteiger partial charge is 0.154 e. The molecule has 2 aromatic carbocycles. The maximum atomic E-state index is 11.6. The second-order valence-corrected chi connectivity index (χ2v) is 7.33. The van der Waals surface area contributed by atoms with Gasteiger partial charge in [-0.2, -0.15) is 0 Å². The monoisotopic (exact) mass is 305 g/mol. The van der Waals surface area contributed by atoms with Gasteiger partial charge >= 0.3 is 0 Å². The SMILES string of the molecule is CS(=O)(=O)[C@@H](CO)[C@H](N)c1ccc(-c2ccccc2)cc1. The largest absolute Gasteiger partial charge is 0.395 e. The van der Waals surface area contributed by atoms with E-state index in [0.717, 1.165) is 17.4 Å². The van der Waals surface area contributed by atoms with E-state index in [1.165, 1.54) is 0 Å². The van der Waals surface area contributed by atoms with E-state index in [1.807, 2.05) is 42.5 Å². The Kier molecular flexibility index (Phi) is 4.77. The van der Waals surface area contributed by atoms with E-state index in [1.54, 1.807) is 12.1 Å². The topological polar surface area (TPSA) is 80.4 Å². The average Bonchev–Trinajstić information content (AvgIpc) is 2.47. The summed E-state index contributed by atoms with van der Waals surface area (Å²) >= 11 is 0. The molecule has 0 fully saturated rings. The van der Waals surface area contributed by atoms with Gasteiger partial charge in [-0.3, -0.25) is 0 Å². The molecule has 3 N–H and O–H groups in total. The molecule has 2 atom stereocenters. The molecule has 4 nitrogen and oxygen atoms in total. The van der Waals surface area contributed by atoms with Crippen LogP contribution in [0.1, 0.15) is 11.6 Å². The molecule has 0 radical (unpaired) electrons. The molecular weight excluding hydrogens is 286 g/mol. The molecule has 0 bridgehead atoms. The summed E-state index contributed by atoms with van der Waals surface area (Å²) in [6.07, 6.45) is 1.09. The highest BCUT2D eigenvalue weighted by atomic mass is 32.2. The number of sulfone groups is 1. The molecule has 0 aliphatic carbocycles. The lowest BCUT2D eigenvalue weighted by atomic mass is 10.00. The Labute approximate surface area is 125 Å². The summed E-state index contributed by atoms with van der Waals surface area (Å²) in [6, 6.07) is 16.6. The van der Waals surface area contributed by atoms with Gasteiger partial charge in [-0.15, -0.1) is 0 Å². The van der Waals surface area contributed by atoms with Crippen molar-refractivity contribution in [3.05, 3.63) is 60.2 Å². The summed E-state index contributed by atoms with van der Waals surface area (Å²) in [7, 11) is -3.40. The van der Waals surface area contributed by atoms with Crippen LogP contribution in [0.4, 0.5) is 0 Å². The number of aliphatic hydroxyl groups excluding tert-OH is 1. The highest BCUT2D eigenvalue weighted by Crippen LogP contribution is 2.24. The van der Waals surface area contributed by atoms with Crippen molar-refractivity contribution in [2.75, 3.05) is 12.9 Å². The maximum absolute atomic E-state index is 11.6. The van der Waals surface area contributed by atoms with Crippen LogP contribution in [0, 0.1) is 0 Å². The predicted molar refractivity (Wildman–Crippen MR) is 84.5 cm³/mol. The fourth-order valence-electron chi connectivity index (χ4n) is 2.26. The second kappa shape index (κ2) is 6.39. The number of benzene rings is 2. The van der Waals surface area contributed by atoms with Crippen molar-refractivity contribution in [2.24, 2.45) is 5.73 Å². The Morgan fingerprint density at radius 1 is 1.00 bits per heavy atom. The first kappa shape index (κ1) is 15.7. The Morgan fingerprint density at radius 3 is 2.00 bits per heavy atom. The van der Waals surface area contributed by atoms with Gasteiger partial charge in [0.2, 0.25) is 0 Å². The van der Waals surface area contributed by atoms with Gasteiger partial charge in [0.05, 0.1) is 6.61 Å². The van der Waals surface area contributed by atoms with Gasteiger partial charge in [-0.05, 0) is 16.7 Å². The number of hydrogen-bond donors (Lipinski definition) is 2. The van der Waals surface area contributed by atoms with Gasteiger partial charge < -0.3 is 10.8 Å². The molecule has 0 spiro atoms. The first-order valence-electron chi connectivity index (χ1n) is 6.64. The summed E-state index contributed by atoms with van der Waals surface area (Å²) < 4.78 is 23.3. The van der Waals surface area contributed by atoms with Crippen molar-refractivity contribution < 1.29 is 13.5 Å². The molecule has 0 heterocycles. The summed E-state index contributed by atoms with van der Waals surface area (Å²) in [4.78, 5) is 0. The van der Waals surface area contributed by atoms with Crippen LogP contribution >= 0.6 is 0 Å². The Bertz CT molecular complexity index is 681. The van der Waals surface area contributed by atoms with Crippen LogP contribution in [-0.2, 0) is 9.84 Å². The van der Waals surface area contributed by atoms with Gasteiger partial charge in [-0.25, -0.2) is 8.42 Å². The standard InChI is InChI=1S/C16H19NO3S/c1-21(19,20)15(11-18)16(17)14-9-7-13(8-10-14)12-5-3-2-4-6-12/h2-10,15-16,18H,11,17H2,1H3/t15-,16+/m0/s1. The third kappa shape index (κ3) is 3.69. The van der Waals surface area contributed by atoms with E-state index in [9.17, 15) is 13.5 Å². The fraction of sp³-hybridized carbons (Fsp3) is 0.250. The van der Waals surface area contributed by atoms with Crippen molar-refractivity contribution in [3.63, 3.8) is 0 Å². The zero-order valence-corrected chi connectivity index (χ0v) is 12.6. The quantitative estimate of drug-likeness (QED) is 0.882. The molecule has 0 unspecified atom stereocenters. The fourth-order valence-corrected chi connectivity index (χ4v) is 3.22. The first-order chi connectivity index (χ1) is 9.93. The lowest BCUT2D eigenvalue weighted by Gasteiger charge is -2.20. The van der Waals surface area contributed by atoms with Crippen molar-refractivity contribution in [1.29, 1.82) is 0 Å². The van der Waals surface area contributed by atoms with Crippen LogP contribution in [0.25, 0.3) is 11.1 Å². The van der Waals surface area contributed by atoms with Crippen LogP contribution in [0.2, 0.25) is 0 Å². The molecule has 5 heteroatoms. The Morgan fingerprint density at radius 2 is 1.52 bits per heavy atom. The van der Waals surface area contributed by atoms with E-state index in [2.05, 4.69) is 0 Å². The van der Waals surface area contributed by atoms with Crippen molar-refractivity contribution in [3.8, 4) is 11.1 Å². The molecule has 112 valence electrons. The molecule has 21 heavy (non-hydrogen) atoms. The summed E-state index contributed by atoms with van der Waals surface area (Å²) in [6.45, 7) is -0.486. The summed E-state index contributed by atoms with van der Waals surface area (Å²) in [5, 5.41) is 8.28. The minimum atomic E-state index is -3.40. The van der Waals surface area contributed by atoms with Crippen LogP contribution < -0.4 is 5.73 Å². The van der Waals surface area contributed by atoms with Gasteiger partial charge in [0.25, 0.3) is 0 Å². The minimum absolute atomic E-state index is 0.486. The highest BCUT2D eigenvalue weighted by molar-refractivity contribution is 7.91. The average molecular weight is 305 g/mol. The molecule has 0 aliphatic heterocycles. The molecule has 0 aliphatic rings. The molecule has 0 aromatic heterocycles. The van der Waals surface area contributed by atoms with E-state index in [4.69, 9.17) is 5.73 Å². The van der Waals surface area contributed by atoms with E-state index in [0.29, 0.717) is 5.56 Å². The van der Waals surface area contributed by atoms with Crippen LogP contribution in [-0.4, -0.2) is 31.6 Å². The third-order valence-corrected chi connectivity index (χ3v) is 5.08. The van der Waals surface area contributed by atoms with E-state index < -0.39 is 27.7 Å². The maximum Gasteiger partial charge on any atom is 0.154 e. The zero-order valence-electron chi connectivity index (χ0n) is 11.8. The normalized spacial score (nSPS) is 14.6. The Hall–Kier alpha value is -1.69. The highest BCUT2D eigenvalue weighted by Gasteiger charge is 2.28. The third-order valence-electron chi connectivity index (χ3n) is 3.53. The van der Waals surface area contributed by atoms with Crippen LogP contribution in [0.3, 0.4) is 0 Å². The molecule has 0 saturated heterocycles. The van der Waals surface area contributed by atoms with E-state index >= 15 is 0 Å². The molecule has 2 aromatic rings. The van der Waals surface area contributed by atoms with Crippen molar-refractivity contribution >= 4 is 9.84 Å². The number of rotatable bonds is 5. The lowest BCUT2D eigenvalue weighted by molar-refractivity contribution is 0.278.